The molecule has 1 amide bonds. The third-order valence-electron chi connectivity index (χ3n) is 4.21. The summed E-state index contributed by atoms with van der Waals surface area (Å²) in [7, 11) is 3.00. The molecular weight excluding hydrogens is 309 g/mol. The summed E-state index contributed by atoms with van der Waals surface area (Å²) >= 11 is 0. The van der Waals surface area contributed by atoms with Gasteiger partial charge in [0.2, 0.25) is 0 Å². The summed E-state index contributed by atoms with van der Waals surface area (Å²) < 4.78 is 24.3. The lowest BCUT2D eigenvalue weighted by Crippen LogP contribution is -2.42. The van der Waals surface area contributed by atoms with Gasteiger partial charge in [-0.2, -0.15) is 0 Å². The monoisotopic (exact) mass is 331 g/mol. The van der Waals surface area contributed by atoms with Crippen LogP contribution in [0.2, 0.25) is 0 Å². The maximum Gasteiger partial charge on any atom is 0.251 e. The number of methoxy groups -OCH3 is 2. The number of halogens is 1. The summed E-state index contributed by atoms with van der Waals surface area (Å²) in [6.07, 6.45) is 0.685. The van der Waals surface area contributed by atoms with Gasteiger partial charge in [-0.05, 0) is 30.2 Å². The summed E-state index contributed by atoms with van der Waals surface area (Å²) in [5.74, 6) is -0.820. The number of ether oxygens (including phenoxy) is 2. The van der Waals surface area contributed by atoms with E-state index in [0.29, 0.717) is 6.42 Å². The Kier molecular flexibility index (Phi) is 5.93. The minimum atomic E-state index is -0.623. The van der Waals surface area contributed by atoms with Crippen molar-refractivity contribution in [2.75, 3.05) is 20.8 Å². The second kappa shape index (κ2) is 7.93. The number of carbonyl (C=O) groups excluding carboxylic acids is 1. The SMILES string of the molecule is CCC(CNC(=O)c1ccc(OC)c(F)c1)(OC)c1ccccc1. The van der Waals surface area contributed by atoms with Crippen LogP contribution in [0.5, 0.6) is 5.75 Å². The Balaban J connectivity index is 2.15. The topological polar surface area (TPSA) is 47.6 Å². The van der Waals surface area contributed by atoms with Crippen molar-refractivity contribution in [1.29, 1.82) is 0 Å². The van der Waals surface area contributed by atoms with E-state index in [1.807, 2.05) is 37.3 Å². The maximum absolute atomic E-state index is 13.8. The van der Waals surface area contributed by atoms with Crippen molar-refractivity contribution < 1.29 is 18.7 Å². The standard InChI is InChI=1S/C19H22FNO3/c1-4-19(24-3,15-8-6-5-7-9-15)13-21-18(22)14-10-11-17(23-2)16(20)12-14/h5-12H,4,13H2,1-3H3,(H,21,22). The molecule has 0 saturated carbocycles. The number of hydrogen-bond acceptors (Lipinski definition) is 3. The zero-order chi connectivity index (χ0) is 17.6. The predicted octanol–water partition coefficient (Wildman–Crippen LogP) is 3.52. The first kappa shape index (κ1) is 17.9. The zero-order valence-electron chi connectivity index (χ0n) is 14.1. The van der Waals surface area contributed by atoms with Gasteiger partial charge in [0.1, 0.15) is 5.60 Å². The molecule has 1 unspecified atom stereocenters. The van der Waals surface area contributed by atoms with Crippen molar-refractivity contribution in [3.63, 3.8) is 0 Å². The molecule has 2 rings (SSSR count). The molecule has 0 heterocycles. The highest BCUT2D eigenvalue weighted by molar-refractivity contribution is 5.94. The van der Waals surface area contributed by atoms with E-state index >= 15 is 0 Å². The van der Waals surface area contributed by atoms with Gasteiger partial charge in [0.15, 0.2) is 11.6 Å². The van der Waals surface area contributed by atoms with E-state index in [4.69, 9.17) is 9.47 Å². The van der Waals surface area contributed by atoms with E-state index < -0.39 is 11.4 Å². The van der Waals surface area contributed by atoms with Crippen LogP contribution < -0.4 is 10.1 Å². The third-order valence-corrected chi connectivity index (χ3v) is 4.21. The number of nitrogens with one attached hydrogen (secondary N) is 1. The molecule has 128 valence electrons. The van der Waals surface area contributed by atoms with Crippen molar-refractivity contribution in [3.8, 4) is 5.75 Å². The highest BCUT2D eigenvalue weighted by Crippen LogP contribution is 2.28. The molecule has 0 fully saturated rings. The van der Waals surface area contributed by atoms with Gasteiger partial charge in [0.25, 0.3) is 5.91 Å². The van der Waals surface area contributed by atoms with Crippen LogP contribution in [-0.4, -0.2) is 26.7 Å². The van der Waals surface area contributed by atoms with Crippen LogP contribution in [0.4, 0.5) is 4.39 Å². The maximum atomic E-state index is 13.8. The summed E-state index contributed by atoms with van der Waals surface area (Å²) in [6.45, 7) is 2.28. The molecule has 0 saturated heterocycles. The molecule has 2 aromatic carbocycles. The summed E-state index contributed by atoms with van der Waals surface area (Å²) in [4.78, 5) is 12.3. The third kappa shape index (κ3) is 3.74. The van der Waals surface area contributed by atoms with Gasteiger partial charge in [-0.1, -0.05) is 37.3 Å². The van der Waals surface area contributed by atoms with E-state index in [9.17, 15) is 9.18 Å². The van der Waals surface area contributed by atoms with Crippen molar-refractivity contribution >= 4 is 5.91 Å². The smallest absolute Gasteiger partial charge is 0.251 e. The molecule has 0 aliphatic carbocycles. The number of benzene rings is 2. The second-order valence-corrected chi connectivity index (χ2v) is 5.45. The molecule has 24 heavy (non-hydrogen) atoms. The Labute approximate surface area is 141 Å². The van der Waals surface area contributed by atoms with Crippen molar-refractivity contribution in [2.45, 2.75) is 18.9 Å². The molecule has 0 aliphatic rings. The second-order valence-electron chi connectivity index (χ2n) is 5.45. The van der Waals surface area contributed by atoms with Crippen LogP contribution in [0.1, 0.15) is 29.3 Å². The van der Waals surface area contributed by atoms with Crippen molar-refractivity contribution in [1.82, 2.24) is 5.32 Å². The average Bonchev–Trinajstić information content (AvgIpc) is 2.63. The molecule has 1 N–H and O–H groups in total. The lowest BCUT2D eigenvalue weighted by atomic mass is 9.90. The van der Waals surface area contributed by atoms with Gasteiger partial charge in [-0.15, -0.1) is 0 Å². The summed E-state index contributed by atoms with van der Waals surface area (Å²) in [5.41, 5.74) is 0.598. The van der Waals surface area contributed by atoms with E-state index in [-0.39, 0.29) is 23.8 Å². The van der Waals surface area contributed by atoms with Gasteiger partial charge in [-0.25, -0.2) is 4.39 Å². The fourth-order valence-electron chi connectivity index (χ4n) is 2.64. The largest absolute Gasteiger partial charge is 0.494 e. The summed E-state index contributed by atoms with van der Waals surface area (Å²) in [5, 5.41) is 2.83. The summed E-state index contributed by atoms with van der Waals surface area (Å²) in [6, 6.07) is 13.8. The Morgan fingerprint density at radius 3 is 2.42 bits per heavy atom. The fraction of sp³-hybridized carbons (Fsp3) is 0.316. The van der Waals surface area contributed by atoms with Gasteiger partial charge in [-0.3, -0.25) is 4.79 Å². The molecule has 0 aliphatic heterocycles. The number of rotatable bonds is 7. The molecule has 0 spiro atoms. The number of carbonyl (C=O) groups is 1. The molecule has 0 bridgehead atoms. The van der Waals surface area contributed by atoms with Crippen molar-refractivity contribution in [2.24, 2.45) is 0 Å². The normalized spacial score (nSPS) is 13.2. The van der Waals surface area contributed by atoms with Gasteiger partial charge in [0, 0.05) is 12.7 Å². The Morgan fingerprint density at radius 2 is 1.88 bits per heavy atom. The molecule has 0 aromatic heterocycles. The first-order valence-electron chi connectivity index (χ1n) is 7.78. The Bertz CT molecular complexity index is 684. The van der Waals surface area contributed by atoms with E-state index in [0.717, 1.165) is 11.6 Å². The van der Waals surface area contributed by atoms with Gasteiger partial charge >= 0.3 is 0 Å². The Hall–Kier alpha value is -2.40. The minimum absolute atomic E-state index is 0.107. The zero-order valence-corrected chi connectivity index (χ0v) is 14.1. The molecule has 2 aromatic rings. The quantitative estimate of drug-likeness (QED) is 0.844. The van der Waals surface area contributed by atoms with Crippen LogP contribution in [-0.2, 0) is 10.3 Å². The molecule has 5 heteroatoms. The number of amides is 1. The molecule has 1 atom stereocenters. The average molecular weight is 331 g/mol. The Morgan fingerprint density at radius 1 is 1.17 bits per heavy atom. The molecular formula is C19H22FNO3. The van der Waals surface area contributed by atoms with E-state index in [1.54, 1.807) is 7.11 Å². The van der Waals surface area contributed by atoms with E-state index in [1.165, 1.54) is 19.2 Å². The lowest BCUT2D eigenvalue weighted by molar-refractivity contribution is -0.0164. The molecule has 0 radical (unpaired) electrons. The molecule has 4 nitrogen and oxygen atoms in total. The van der Waals surface area contributed by atoms with E-state index in [2.05, 4.69) is 5.32 Å². The van der Waals surface area contributed by atoms with Crippen LogP contribution in [0.25, 0.3) is 0 Å². The first-order valence-corrected chi connectivity index (χ1v) is 7.78. The van der Waals surface area contributed by atoms with Crippen LogP contribution in [0, 0.1) is 5.82 Å². The first-order chi connectivity index (χ1) is 11.6. The van der Waals surface area contributed by atoms with Gasteiger partial charge < -0.3 is 14.8 Å². The number of hydrogen-bond donors (Lipinski definition) is 1. The van der Waals surface area contributed by atoms with Crippen LogP contribution >= 0.6 is 0 Å². The highest BCUT2D eigenvalue weighted by Gasteiger charge is 2.30. The predicted molar refractivity (Wildman–Crippen MR) is 90.7 cm³/mol. The minimum Gasteiger partial charge on any atom is -0.494 e. The fourth-order valence-corrected chi connectivity index (χ4v) is 2.64. The van der Waals surface area contributed by atoms with Crippen molar-refractivity contribution in [3.05, 3.63) is 65.5 Å². The highest BCUT2D eigenvalue weighted by atomic mass is 19.1. The van der Waals surface area contributed by atoms with Gasteiger partial charge in [0.05, 0.1) is 13.7 Å². The van der Waals surface area contributed by atoms with Crippen LogP contribution in [0.15, 0.2) is 48.5 Å². The lowest BCUT2D eigenvalue weighted by Gasteiger charge is -2.32. The van der Waals surface area contributed by atoms with Crippen LogP contribution in [0.3, 0.4) is 0 Å².